The van der Waals surface area contributed by atoms with E-state index in [0.717, 1.165) is 4.47 Å². The van der Waals surface area contributed by atoms with Gasteiger partial charge in [0.25, 0.3) is 5.91 Å². The van der Waals surface area contributed by atoms with Crippen LogP contribution < -0.4 is 10.1 Å². The summed E-state index contributed by atoms with van der Waals surface area (Å²) < 4.78 is 11.2. The zero-order valence-electron chi connectivity index (χ0n) is 10.2. The SMILES string of the molecule is C=CCNC(=O)c1cc(Br)ccc1OCCOC. The molecule has 0 atom stereocenters. The Bertz CT molecular complexity index is 421. The van der Waals surface area contributed by atoms with Gasteiger partial charge in [-0.25, -0.2) is 0 Å². The lowest BCUT2D eigenvalue weighted by atomic mass is 10.2. The van der Waals surface area contributed by atoms with E-state index in [0.29, 0.717) is 31.1 Å². The number of hydrogen-bond donors (Lipinski definition) is 1. The van der Waals surface area contributed by atoms with E-state index in [1.54, 1.807) is 25.3 Å². The number of methoxy groups -OCH3 is 1. The lowest BCUT2D eigenvalue weighted by molar-refractivity contribution is 0.0950. The standard InChI is InChI=1S/C13H16BrNO3/c1-3-6-15-13(16)11-9-10(14)4-5-12(11)18-8-7-17-2/h3-5,9H,1,6-8H2,2H3,(H,15,16). The van der Waals surface area contributed by atoms with E-state index < -0.39 is 0 Å². The smallest absolute Gasteiger partial charge is 0.255 e. The molecule has 0 aliphatic carbocycles. The molecular formula is C13H16BrNO3. The summed E-state index contributed by atoms with van der Waals surface area (Å²) in [5, 5.41) is 2.72. The van der Waals surface area contributed by atoms with E-state index in [9.17, 15) is 4.79 Å². The summed E-state index contributed by atoms with van der Waals surface area (Å²) >= 11 is 3.33. The molecule has 0 radical (unpaired) electrons. The normalized spacial score (nSPS) is 9.89. The monoisotopic (exact) mass is 313 g/mol. The second-order valence-corrected chi connectivity index (χ2v) is 4.40. The van der Waals surface area contributed by atoms with Crippen molar-refractivity contribution in [1.82, 2.24) is 5.32 Å². The van der Waals surface area contributed by atoms with Gasteiger partial charge in [0.15, 0.2) is 0 Å². The summed E-state index contributed by atoms with van der Waals surface area (Å²) in [4.78, 5) is 11.9. The number of hydrogen-bond acceptors (Lipinski definition) is 3. The minimum atomic E-state index is -0.191. The molecule has 0 aromatic heterocycles. The zero-order valence-corrected chi connectivity index (χ0v) is 11.8. The van der Waals surface area contributed by atoms with Crippen molar-refractivity contribution in [1.29, 1.82) is 0 Å². The number of ether oxygens (including phenoxy) is 2. The first-order valence-electron chi connectivity index (χ1n) is 5.49. The van der Waals surface area contributed by atoms with Gasteiger partial charge in [-0.15, -0.1) is 6.58 Å². The molecule has 5 heteroatoms. The molecule has 1 aromatic rings. The Morgan fingerprint density at radius 2 is 2.28 bits per heavy atom. The average Bonchev–Trinajstić information content (AvgIpc) is 2.38. The van der Waals surface area contributed by atoms with Crippen molar-refractivity contribution in [2.45, 2.75) is 0 Å². The summed E-state index contributed by atoms with van der Waals surface area (Å²) in [5.41, 5.74) is 0.488. The molecule has 0 saturated carbocycles. The fraction of sp³-hybridized carbons (Fsp3) is 0.308. The fourth-order valence-electron chi connectivity index (χ4n) is 1.30. The third kappa shape index (κ3) is 4.50. The van der Waals surface area contributed by atoms with E-state index in [1.165, 1.54) is 0 Å². The Morgan fingerprint density at radius 3 is 2.94 bits per heavy atom. The first kappa shape index (κ1) is 14.7. The van der Waals surface area contributed by atoms with Crippen LogP contribution in [-0.4, -0.2) is 32.8 Å². The van der Waals surface area contributed by atoms with Crippen LogP contribution >= 0.6 is 15.9 Å². The quantitative estimate of drug-likeness (QED) is 0.621. The third-order valence-corrected chi connectivity index (χ3v) is 2.63. The minimum absolute atomic E-state index is 0.191. The van der Waals surface area contributed by atoms with Crippen LogP contribution in [0.25, 0.3) is 0 Å². The molecular weight excluding hydrogens is 298 g/mol. The second-order valence-electron chi connectivity index (χ2n) is 3.48. The zero-order chi connectivity index (χ0) is 13.4. The van der Waals surface area contributed by atoms with Gasteiger partial charge in [-0.2, -0.15) is 0 Å². The van der Waals surface area contributed by atoms with Crippen LogP contribution in [-0.2, 0) is 4.74 Å². The summed E-state index contributed by atoms with van der Waals surface area (Å²) in [6.07, 6.45) is 1.63. The largest absolute Gasteiger partial charge is 0.490 e. The number of benzene rings is 1. The Balaban J connectivity index is 2.81. The number of nitrogens with one attached hydrogen (secondary N) is 1. The van der Waals surface area contributed by atoms with E-state index in [4.69, 9.17) is 9.47 Å². The minimum Gasteiger partial charge on any atom is -0.490 e. The molecule has 0 spiro atoms. The third-order valence-electron chi connectivity index (χ3n) is 2.14. The van der Waals surface area contributed by atoms with Crippen molar-refractivity contribution in [3.05, 3.63) is 40.9 Å². The van der Waals surface area contributed by atoms with E-state index in [2.05, 4.69) is 27.8 Å². The van der Waals surface area contributed by atoms with Crippen LogP contribution in [0.3, 0.4) is 0 Å². The van der Waals surface area contributed by atoms with Gasteiger partial charge in [0.1, 0.15) is 12.4 Å². The van der Waals surface area contributed by atoms with Crippen molar-refractivity contribution in [2.75, 3.05) is 26.9 Å². The van der Waals surface area contributed by atoms with Gasteiger partial charge in [-0.05, 0) is 18.2 Å². The molecule has 0 aliphatic heterocycles. The van der Waals surface area contributed by atoms with Gasteiger partial charge in [0.2, 0.25) is 0 Å². The number of carbonyl (C=O) groups excluding carboxylic acids is 1. The van der Waals surface area contributed by atoms with Gasteiger partial charge < -0.3 is 14.8 Å². The summed E-state index contributed by atoms with van der Waals surface area (Å²) in [5.74, 6) is 0.348. The van der Waals surface area contributed by atoms with Crippen LogP contribution in [0, 0.1) is 0 Å². The number of amides is 1. The maximum Gasteiger partial charge on any atom is 0.255 e. The molecule has 1 aromatic carbocycles. The Kier molecular flexibility index (Phi) is 6.46. The Labute approximate surface area is 115 Å². The topological polar surface area (TPSA) is 47.6 Å². The first-order chi connectivity index (χ1) is 8.69. The summed E-state index contributed by atoms with van der Waals surface area (Å²) in [6.45, 7) is 4.85. The van der Waals surface area contributed by atoms with E-state index >= 15 is 0 Å². The highest BCUT2D eigenvalue weighted by Gasteiger charge is 2.12. The molecule has 0 saturated heterocycles. The average molecular weight is 314 g/mol. The Morgan fingerprint density at radius 1 is 1.50 bits per heavy atom. The van der Waals surface area contributed by atoms with E-state index in [1.807, 2.05) is 6.07 Å². The highest BCUT2D eigenvalue weighted by Crippen LogP contribution is 2.23. The predicted octanol–water partition coefficient (Wildman–Crippen LogP) is 2.39. The first-order valence-corrected chi connectivity index (χ1v) is 6.28. The predicted molar refractivity (Wildman–Crippen MR) is 74.0 cm³/mol. The van der Waals surface area contributed by atoms with Gasteiger partial charge in [-0.3, -0.25) is 4.79 Å². The van der Waals surface area contributed by atoms with Gasteiger partial charge in [-0.1, -0.05) is 22.0 Å². The maximum atomic E-state index is 11.9. The van der Waals surface area contributed by atoms with E-state index in [-0.39, 0.29) is 5.91 Å². The van der Waals surface area contributed by atoms with Crippen molar-refractivity contribution in [3.63, 3.8) is 0 Å². The molecule has 0 heterocycles. The maximum absolute atomic E-state index is 11.9. The van der Waals surface area contributed by atoms with Crippen molar-refractivity contribution < 1.29 is 14.3 Å². The van der Waals surface area contributed by atoms with Crippen molar-refractivity contribution in [3.8, 4) is 5.75 Å². The fourth-order valence-corrected chi connectivity index (χ4v) is 1.66. The molecule has 4 nitrogen and oxygen atoms in total. The number of carbonyl (C=O) groups is 1. The molecule has 0 fully saturated rings. The van der Waals surface area contributed by atoms with Crippen LogP contribution in [0.5, 0.6) is 5.75 Å². The Hall–Kier alpha value is -1.33. The second kappa shape index (κ2) is 7.89. The summed E-state index contributed by atoms with van der Waals surface area (Å²) in [7, 11) is 1.60. The number of rotatable bonds is 7. The van der Waals surface area contributed by atoms with Crippen molar-refractivity contribution >= 4 is 21.8 Å². The molecule has 98 valence electrons. The van der Waals surface area contributed by atoms with Gasteiger partial charge in [0.05, 0.1) is 12.2 Å². The van der Waals surface area contributed by atoms with Crippen LogP contribution in [0.4, 0.5) is 0 Å². The highest BCUT2D eigenvalue weighted by atomic mass is 79.9. The molecule has 0 bridgehead atoms. The molecule has 0 aliphatic rings. The lowest BCUT2D eigenvalue weighted by Gasteiger charge is -2.11. The molecule has 1 N–H and O–H groups in total. The molecule has 0 unspecified atom stereocenters. The van der Waals surface area contributed by atoms with Gasteiger partial charge >= 0.3 is 0 Å². The van der Waals surface area contributed by atoms with Crippen molar-refractivity contribution in [2.24, 2.45) is 0 Å². The van der Waals surface area contributed by atoms with Crippen LogP contribution in [0.2, 0.25) is 0 Å². The number of halogens is 1. The highest BCUT2D eigenvalue weighted by molar-refractivity contribution is 9.10. The molecule has 18 heavy (non-hydrogen) atoms. The molecule has 1 amide bonds. The van der Waals surface area contributed by atoms with Gasteiger partial charge in [0, 0.05) is 18.1 Å². The molecule has 1 rings (SSSR count). The lowest BCUT2D eigenvalue weighted by Crippen LogP contribution is -2.24. The van der Waals surface area contributed by atoms with Crippen LogP contribution in [0.1, 0.15) is 10.4 Å². The summed E-state index contributed by atoms with van der Waals surface area (Å²) in [6, 6.07) is 5.30. The van der Waals surface area contributed by atoms with Crippen LogP contribution in [0.15, 0.2) is 35.3 Å².